The maximum atomic E-state index is 9.76. The Balaban J connectivity index is 1.95. The van der Waals surface area contributed by atoms with E-state index in [1.807, 2.05) is 6.07 Å². The molecule has 1 atom stereocenters. The van der Waals surface area contributed by atoms with Gasteiger partial charge in [0.1, 0.15) is 0 Å². The van der Waals surface area contributed by atoms with E-state index in [2.05, 4.69) is 11.0 Å². The molecule has 0 bridgehead atoms. The molecule has 1 fully saturated rings. The summed E-state index contributed by atoms with van der Waals surface area (Å²) < 4.78 is 6.03. The Morgan fingerprint density at radius 1 is 1.53 bits per heavy atom. The summed E-state index contributed by atoms with van der Waals surface area (Å²) in [4.78, 5) is 3.72. The van der Waals surface area contributed by atoms with Crippen molar-refractivity contribution in [3.8, 4) is 0 Å². The van der Waals surface area contributed by atoms with Gasteiger partial charge in [-0.1, -0.05) is 11.6 Å². The number of piperidine rings is 1. The highest BCUT2D eigenvalue weighted by Crippen LogP contribution is 2.34. The number of aliphatic hydroxyl groups excluding tert-OH is 1. The van der Waals surface area contributed by atoms with Gasteiger partial charge in [-0.25, -0.2) is 0 Å². The zero-order valence-electron chi connectivity index (χ0n) is 11.4. The molecule has 0 amide bonds. The first kappa shape index (κ1) is 15.3. The van der Waals surface area contributed by atoms with Crippen LogP contribution in [-0.2, 0) is 11.3 Å². The molecule has 108 valence electrons. The molecule has 0 radical (unpaired) electrons. The van der Waals surface area contributed by atoms with Gasteiger partial charge in [-0.15, -0.1) is 11.3 Å². The molecule has 1 aromatic heterocycles. The minimum absolute atomic E-state index is 0.00924. The van der Waals surface area contributed by atoms with E-state index in [1.165, 1.54) is 4.88 Å². The van der Waals surface area contributed by atoms with Gasteiger partial charge in [0, 0.05) is 37.1 Å². The molecule has 2 rings (SSSR count). The van der Waals surface area contributed by atoms with Gasteiger partial charge in [0.15, 0.2) is 0 Å². The molecule has 2 heterocycles. The molecule has 19 heavy (non-hydrogen) atoms. The Kier molecular flexibility index (Phi) is 5.66. The molecule has 1 aliphatic heterocycles. The molecule has 3 nitrogen and oxygen atoms in total. The van der Waals surface area contributed by atoms with E-state index in [9.17, 15) is 5.11 Å². The predicted octanol–water partition coefficient (Wildman–Crippen LogP) is 3.01. The van der Waals surface area contributed by atoms with E-state index in [1.54, 1.807) is 18.4 Å². The van der Waals surface area contributed by atoms with Gasteiger partial charge < -0.3 is 9.84 Å². The summed E-state index contributed by atoms with van der Waals surface area (Å²) in [6.07, 6.45) is 3.17. The third-order valence-corrected chi connectivity index (χ3v) is 5.14. The SMILES string of the molecule is COCCC1(CO)CCCN(Cc2ccc(Cl)s2)C1. The first-order valence-corrected chi connectivity index (χ1v) is 7.93. The number of ether oxygens (including phenoxy) is 1. The molecule has 1 N–H and O–H groups in total. The molecule has 1 aliphatic rings. The fourth-order valence-electron chi connectivity index (χ4n) is 2.83. The number of thiophene rings is 1. The van der Waals surface area contributed by atoms with E-state index in [0.717, 1.165) is 49.8 Å². The predicted molar refractivity (Wildman–Crippen MR) is 79.9 cm³/mol. The second kappa shape index (κ2) is 7.04. The van der Waals surface area contributed by atoms with Gasteiger partial charge in [0.25, 0.3) is 0 Å². The van der Waals surface area contributed by atoms with Gasteiger partial charge >= 0.3 is 0 Å². The van der Waals surface area contributed by atoms with Crippen LogP contribution in [0, 0.1) is 5.41 Å². The molecule has 1 aromatic rings. The maximum Gasteiger partial charge on any atom is 0.0931 e. The van der Waals surface area contributed by atoms with Crippen molar-refractivity contribution in [3.63, 3.8) is 0 Å². The van der Waals surface area contributed by atoms with Crippen LogP contribution in [0.1, 0.15) is 24.1 Å². The Bertz CT molecular complexity index is 399. The highest BCUT2D eigenvalue weighted by molar-refractivity contribution is 7.16. The summed E-state index contributed by atoms with van der Waals surface area (Å²) >= 11 is 7.62. The zero-order chi connectivity index (χ0) is 13.7. The zero-order valence-corrected chi connectivity index (χ0v) is 13.0. The van der Waals surface area contributed by atoms with E-state index in [0.29, 0.717) is 0 Å². The lowest BCUT2D eigenvalue weighted by Gasteiger charge is -2.41. The Morgan fingerprint density at radius 2 is 2.37 bits per heavy atom. The molecular weight excluding hydrogens is 282 g/mol. The molecule has 5 heteroatoms. The third-order valence-electron chi connectivity index (χ3n) is 3.92. The minimum Gasteiger partial charge on any atom is -0.396 e. The van der Waals surface area contributed by atoms with E-state index >= 15 is 0 Å². The first-order chi connectivity index (χ1) is 9.17. The van der Waals surface area contributed by atoms with E-state index in [4.69, 9.17) is 16.3 Å². The summed E-state index contributed by atoms with van der Waals surface area (Å²) in [5.74, 6) is 0. The standard InChI is InChI=1S/C14H22ClNO2S/c1-18-8-6-14(11-17)5-2-7-16(10-14)9-12-3-4-13(15)19-12/h3-4,17H,2,5-11H2,1H3. The topological polar surface area (TPSA) is 32.7 Å². The first-order valence-electron chi connectivity index (χ1n) is 6.74. The molecule has 1 unspecified atom stereocenters. The highest BCUT2D eigenvalue weighted by atomic mass is 35.5. The fraction of sp³-hybridized carbons (Fsp3) is 0.714. The molecule has 0 aromatic carbocycles. The second-order valence-electron chi connectivity index (χ2n) is 5.42. The van der Waals surface area contributed by atoms with Crippen molar-refractivity contribution in [2.24, 2.45) is 5.41 Å². The largest absolute Gasteiger partial charge is 0.396 e. The molecule has 0 saturated carbocycles. The smallest absolute Gasteiger partial charge is 0.0931 e. The van der Waals surface area contributed by atoms with E-state index < -0.39 is 0 Å². The van der Waals surface area contributed by atoms with Crippen molar-refractivity contribution in [2.45, 2.75) is 25.8 Å². The van der Waals surface area contributed by atoms with Crippen molar-refractivity contribution < 1.29 is 9.84 Å². The molecule has 0 aliphatic carbocycles. The summed E-state index contributed by atoms with van der Waals surface area (Å²) in [5.41, 5.74) is 0.00924. The number of likely N-dealkylation sites (tertiary alicyclic amines) is 1. The van der Waals surface area contributed by atoms with Gasteiger partial charge in [-0.3, -0.25) is 4.90 Å². The molecule has 1 saturated heterocycles. The Morgan fingerprint density at radius 3 is 3.00 bits per heavy atom. The highest BCUT2D eigenvalue weighted by Gasteiger charge is 2.34. The number of methoxy groups -OCH3 is 1. The Hall–Kier alpha value is -0.130. The lowest BCUT2D eigenvalue weighted by atomic mass is 9.78. The van der Waals surface area contributed by atoms with Crippen LogP contribution >= 0.6 is 22.9 Å². The minimum atomic E-state index is 0.00924. The maximum absolute atomic E-state index is 9.76. The molecule has 0 spiro atoms. The monoisotopic (exact) mass is 303 g/mol. The van der Waals surface area contributed by atoms with Crippen molar-refractivity contribution in [1.82, 2.24) is 4.90 Å². The number of nitrogens with zero attached hydrogens (tertiary/aromatic N) is 1. The van der Waals surface area contributed by atoms with Crippen LogP contribution in [0.3, 0.4) is 0 Å². The van der Waals surface area contributed by atoms with Crippen LogP contribution in [0.5, 0.6) is 0 Å². The van der Waals surface area contributed by atoms with Crippen LogP contribution in [0.2, 0.25) is 4.34 Å². The van der Waals surface area contributed by atoms with Gasteiger partial charge in [0.05, 0.1) is 10.9 Å². The van der Waals surface area contributed by atoms with Crippen LogP contribution in [0.25, 0.3) is 0 Å². The quantitative estimate of drug-likeness (QED) is 0.877. The third kappa shape index (κ3) is 4.17. The van der Waals surface area contributed by atoms with Gasteiger partial charge in [-0.05, 0) is 37.9 Å². The summed E-state index contributed by atoms with van der Waals surface area (Å²) in [5, 5.41) is 9.76. The van der Waals surface area contributed by atoms with Gasteiger partial charge in [-0.2, -0.15) is 0 Å². The average Bonchev–Trinajstić information content (AvgIpc) is 2.82. The fourth-order valence-corrected chi connectivity index (χ4v) is 3.96. The molecular formula is C14H22ClNO2S. The number of halogens is 1. The lowest BCUT2D eigenvalue weighted by Crippen LogP contribution is -2.45. The number of rotatable bonds is 6. The second-order valence-corrected chi connectivity index (χ2v) is 7.22. The van der Waals surface area contributed by atoms with Crippen LogP contribution < -0.4 is 0 Å². The average molecular weight is 304 g/mol. The number of hydrogen-bond donors (Lipinski definition) is 1. The Labute approximate surface area is 124 Å². The van der Waals surface area contributed by atoms with Crippen LogP contribution in [0.4, 0.5) is 0 Å². The lowest BCUT2D eigenvalue weighted by molar-refractivity contribution is 0.00508. The van der Waals surface area contributed by atoms with Gasteiger partial charge in [0.2, 0.25) is 0 Å². The van der Waals surface area contributed by atoms with Crippen molar-refractivity contribution in [3.05, 3.63) is 21.3 Å². The summed E-state index contributed by atoms with van der Waals surface area (Å²) in [6.45, 7) is 3.95. The summed E-state index contributed by atoms with van der Waals surface area (Å²) in [7, 11) is 1.72. The van der Waals surface area contributed by atoms with Crippen molar-refractivity contribution in [2.75, 3.05) is 33.4 Å². The summed E-state index contributed by atoms with van der Waals surface area (Å²) in [6, 6.07) is 4.05. The van der Waals surface area contributed by atoms with Crippen LogP contribution in [-0.4, -0.2) is 43.4 Å². The van der Waals surface area contributed by atoms with E-state index in [-0.39, 0.29) is 12.0 Å². The number of aliphatic hydroxyl groups is 1. The van der Waals surface area contributed by atoms with Crippen LogP contribution in [0.15, 0.2) is 12.1 Å². The normalized spacial score (nSPS) is 24.8. The van der Waals surface area contributed by atoms with Crippen molar-refractivity contribution >= 4 is 22.9 Å². The number of hydrogen-bond acceptors (Lipinski definition) is 4. The van der Waals surface area contributed by atoms with Crippen molar-refractivity contribution in [1.29, 1.82) is 0 Å².